The van der Waals surface area contributed by atoms with E-state index in [9.17, 15) is 4.79 Å². The summed E-state index contributed by atoms with van der Waals surface area (Å²) < 4.78 is 5.52. The van der Waals surface area contributed by atoms with Crippen LogP contribution in [0.1, 0.15) is 37.1 Å². The Morgan fingerprint density at radius 1 is 1.43 bits per heavy atom. The molecule has 1 atom stereocenters. The van der Waals surface area contributed by atoms with Crippen LogP contribution in [0.15, 0.2) is 6.33 Å². The van der Waals surface area contributed by atoms with Crippen LogP contribution in [-0.2, 0) is 21.5 Å². The van der Waals surface area contributed by atoms with Crippen molar-refractivity contribution in [3.8, 4) is 0 Å². The van der Waals surface area contributed by atoms with Crippen LogP contribution in [0.2, 0.25) is 0 Å². The van der Waals surface area contributed by atoms with Crippen molar-refractivity contribution >= 4 is 5.91 Å². The van der Waals surface area contributed by atoms with E-state index < -0.39 is 0 Å². The molecule has 114 valence electrons. The number of likely N-dealkylation sites (tertiary alicyclic amines) is 1. The number of H-pyrrole nitrogens is 1. The number of carbonyl (C=O) groups excluding carboxylic acids is 1. The van der Waals surface area contributed by atoms with Gasteiger partial charge in [0.25, 0.3) is 5.91 Å². The van der Waals surface area contributed by atoms with Crippen LogP contribution < -0.4 is 5.32 Å². The molecule has 0 bridgehead atoms. The second-order valence-electron chi connectivity index (χ2n) is 6.32. The van der Waals surface area contributed by atoms with Crippen molar-refractivity contribution in [3.05, 3.63) is 17.7 Å². The summed E-state index contributed by atoms with van der Waals surface area (Å²) in [6, 6.07) is 0. The fraction of sp³-hybridized carbons (Fsp3) is 0.733. The molecule has 2 N–H and O–H groups in total. The molecule has 1 amide bonds. The van der Waals surface area contributed by atoms with Crippen molar-refractivity contribution in [1.82, 2.24) is 20.2 Å². The molecule has 1 aromatic heterocycles. The number of hydrogen-bond donors (Lipinski definition) is 2. The molecular weight excluding hydrogens is 268 g/mol. The molecule has 0 aromatic carbocycles. The monoisotopic (exact) mass is 290 g/mol. The van der Waals surface area contributed by atoms with Gasteiger partial charge in [-0.15, -0.1) is 0 Å². The predicted molar refractivity (Wildman–Crippen MR) is 76.8 cm³/mol. The van der Waals surface area contributed by atoms with Gasteiger partial charge in [0.15, 0.2) is 0 Å². The Hall–Kier alpha value is -1.40. The number of nitrogens with one attached hydrogen (secondary N) is 2. The summed E-state index contributed by atoms with van der Waals surface area (Å²) in [7, 11) is 0. The summed E-state index contributed by atoms with van der Waals surface area (Å²) in [4.78, 5) is 22.2. The van der Waals surface area contributed by atoms with E-state index in [0.717, 1.165) is 64.0 Å². The zero-order valence-corrected chi connectivity index (χ0v) is 12.2. The van der Waals surface area contributed by atoms with E-state index in [1.165, 1.54) is 5.69 Å². The Bertz CT molecular complexity index is 528. The van der Waals surface area contributed by atoms with Gasteiger partial charge >= 0.3 is 0 Å². The van der Waals surface area contributed by atoms with Crippen molar-refractivity contribution in [1.29, 1.82) is 0 Å². The van der Waals surface area contributed by atoms with E-state index >= 15 is 0 Å². The van der Waals surface area contributed by atoms with Crippen LogP contribution >= 0.6 is 0 Å². The lowest BCUT2D eigenvalue weighted by molar-refractivity contribution is -0.142. The fourth-order valence-corrected chi connectivity index (χ4v) is 3.93. The van der Waals surface area contributed by atoms with Crippen molar-refractivity contribution in [3.63, 3.8) is 0 Å². The number of carbonyl (C=O) groups is 1. The summed E-state index contributed by atoms with van der Waals surface area (Å²) in [5.41, 5.74) is 2.38. The average molecular weight is 290 g/mol. The molecule has 2 saturated heterocycles. The van der Waals surface area contributed by atoms with Gasteiger partial charge in [0.2, 0.25) is 0 Å². The normalized spacial score (nSPS) is 27.8. The lowest BCUT2D eigenvalue weighted by atomic mass is 9.80. The molecule has 6 heteroatoms. The van der Waals surface area contributed by atoms with E-state index in [1.54, 1.807) is 6.33 Å². The average Bonchev–Trinajstić information content (AvgIpc) is 3.19. The largest absolute Gasteiger partial charge is 0.368 e. The molecule has 1 spiro atoms. The van der Waals surface area contributed by atoms with Gasteiger partial charge in [0, 0.05) is 38.4 Å². The van der Waals surface area contributed by atoms with Gasteiger partial charge in [0.05, 0.1) is 17.6 Å². The zero-order chi connectivity index (χ0) is 14.3. The first-order valence-electron chi connectivity index (χ1n) is 7.97. The molecule has 4 rings (SSSR count). The van der Waals surface area contributed by atoms with Gasteiger partial charge in [-0.1, -0.05) is 0 Å². The summed E-state index contributed by atoms with van der Waals surface area (Å²) in [5, 5.41) is 3.65. The zero-order valence-electron chi connectivity index (χ0n) is 12.2. The summed E-state index contributed by atoms with van der Waals surface area (Å²) >= 11 is 0. The summed E-state index contributed by atoms with van der Waals surface area (Å²) in [6.07, 6.45) is 6.36. The van der Waals surface area contributed by atoms with Crippen LogP contribution in [0.5, 0.6) is 0 Å². The topological polar surface area (TPSA) is 70.2 Å². The smallest absolute Gasteiger partial charge is 0.251 e. The number of imidazole rings is 1. The maximum atomic E-state index is 12.4. The Kier molecular flexibility index (Phi) is 3.23. The van der Waals surface area contributed by atoms with Crippen LogP contribution in [0.3, 0.4) is 0 Å². The lowest BCUT2D eigenvalue weighted by Crippen LogP contribution is -2.56. The highest BCUT2D eigenvalue weighted by atomic mass is 16.5. The van der Waals surface area contributed by atoms with Gasteiger partial charge in [-0.3, -0.25) is 4.79 Å². The molecule has 0 radical (unpaired) electrons. The third-order valence-electron chi connectivity index (χ3n) is 5.14. The van der Waals surface area contributed by atoms with Crippen molar-refractivity contribution < 1.29 is 9.53 Å². The van der Waals surface area contributed by atoms with Crippen molar-refractivity contribution in [2.45, 2.75) is 43.7 Å². The highest BCUT2D eigenvalue weighted by Gasteiger charge is 2.43. The summed E-state index contributed by atoms with van der Waals surface area (Å²) in [5.74, 6) is 0.181. The van der Waals surface area contributed by atoms with E-state index in [-0.39, 0.29) is 17.6 Å². The number of hydrogen-bond acceptors (Lipinski definition) is 4. The molecule has 0 saturated carbocycles. The molecular formula is C15H22N4O2. The molecule has 4 heterocycles. The van der Waals surface area contributed by atoms with Gasteiger partial charge in [-0.2, -0.15) is 0 Å². The minimum atomic E-state index is -0.195. The molecule has 1 aromatic rings. The lowest BCUT2D eigenvalue weighted by Gasteiger charge is -2.44. The minimum Gasteiger partial charge on any atom is -0.368 e. The Balaban J connectivity index is 1.47. The molecule has 21 heavy (non-hydrogen) atoms. The quantitative estimate of drug-likeness (QED) is 0.792. The third-order valence-corrected chi connectivity index (χ3v) is 5.14. The van der Waals surface area contributed by atoms with Crippen molar-refractivity contribution in [2.75, 3.05) is 26.2 Å². The van der Waals surface area contributed by atoms with Gasteiger partial charge < -0.3 is 19.9 Å². The van der Waals surface area contributed by atoms with E-state index in [2.05, 4.69) is 15.3 Å². The Labute approximate surface area is 124 Å². The number of aromatic amines is 1. The van der Waals surface area contributed by atoms with E-state index in [0.29, 0.717) is 0 Å². The van der Waals surface area contributed by atoms with Crippen LogP contribution in [0.4, 0.5) is 0 Å². The second kappa shape index (κ2) is 5.10. The van der Waals surface area contributed by atoms with Crippen LogP contribution in [0.25, 0.3) is 0 Å². The third kappa shape index (κ3) is 2.17. The van der Waals surface area contributed by atoms with Gasteiger partial charge in [-0.05, 0) is 25.7 Å². The first-order chi connectivity index (χ1) is 10.3. The van der Waals surface area contributed by atoms with Crippen LogP contribution in [0, 0.1) is 0 Å². The standard InChI is InChI=1S/C15H22N4O2/c20-14(12-2-1-9-21-12)19-7-4-15(5-8-19)13-11(3-6-18-15)16-10-17-13/h10,12,18H,1-9H2,(H,16,17)/t12-/m0/s1. The number of fused-ring (bicyclic) bond motifs is 2. The Morgan fingerprint density at radius 2 is 2.29 bits per heavy atom. The number of rotatable bonds is 1. The predicted octanol–water partition coefficient (Wildman–Crippen LogP) is 0.552. The molecule has 3 aliphatic heterocycles. The molecule has 0 unspecified atom stereocenters. The maximum Gasteiger partial charge on any atom is 0.251 e. The van der Waals surface area contributed by atoms with Crippen LogP contribution in [-0.4, -0.2) is 53.1 Å². The van der Waals surface area contributed by atoms with Gasteiger partial charge in [-0.25, -0.2) is 4.98 Å². The van der Waals surface area contributed by atoms with E-state index in [4.69, 9.17) is 4.74 Å². The molecule has 0 aliphatic carbocycles. The number of aromatic nitrogens is 2. The summed E-state index contributed by atoms with van der Waals surface area (Å²) in [6.45, 7) is 3.29. The Morgan fingerprint density at radius 3 is 3.05 bits per heavy atom. The first kappa shape index (κ1) is 13.3. The molecule has 3 aliphatic rings. The van der Waals surface area contributed by atoms with Crippen molar-refractivity contribution in [2.24, 2.45) is 0 Å². The maximum absolute atomic E-state index is 12.4. The number of piperidine rings is 1. The van der Waals surface area contributed by atoms with Gasteiger partial charge in [0.1, 0.15) is 6.10 Å². The first-order valence-corrected chi connectivity index (χ1v) is 7.97. The second-order valence-corrected chi connectivity index (χ2v) is 6.32. The number of nitrogens with zero attached hydrogens (tertiary/aromatic N) is 2. The SMILES string of the molecule is O=C([C@@H]1CCCO1)N1CCC2(CC1)NCCc1[nH]cnc12. The highest BCUT2D eigenvalue weighted by Crippen LogP contribution is 2.36. The molecule has 6 nitrogen and oxygen atoms in total. The number of amides is 1. The fourth-order valence-electron chi connectivity index (χ4n) is 3.93. The minimum absolute atomic E-state index is 0.0408. The molecule has 2 fully saturated rings. The number of ether oxygens (including phenoxy) is 1. The van der Waals surface area contributed by atoms with E-state index in [1.807, 2.05) is 4.90 Å². The highest BCUT2D eigenvalue weighted by molar-refractivity contribution is 5.81.